The van der Waals surface area contributed by atoms with Crippen molar-refractivity contribution in [3.63, 3.8) is 0 Å². The van der Waals surface area contributed by atoms with Gasteiger partial charge in [0.25, 0.3) is 0 Å². The minimum Gasteiger partial charge on any atom is -0.465 e. The third-order valence-electron chi connectivity index (χ3n) is 9.04. The third kappa shape index (κ3) is 6.73. The van der Waals surface area contributed by atoms with E-state index >= 15 is 0 Å². The van der Waals surface area contributed by atoms with Gasteiger partial charge >= 0.3 is 12.1 Å². The average molecular weight is 618 g/mol. The van der Waals surface area contributed by atoms with Crippen molar-refractivity contribution in [3.05, 3.63) is 95.2 Å². The number of carbonyl (C=O) groups is 1. The van der Waals surface area contributed by atoms with E-state index in [2.05, 4.69) is 28.6 Å². The molecule has 2 aliphatic rings. The maximum atomic E-state index is 13.2. The van der Waals surface area contributed by atoms with Crippen LogP contribution in [0.1, 0.15) is 54.6 Å². The van der Waals surface area contributed by atoms with Crippen LogP contribution < -0.4 is 9.64 Å². The van der Waals surface area contributed by atoms with Crippen LogP contribution in [0.15, 0.2) is 78.5 Å². The second-order valence-corrected chi connectivity index (χ2v) is 12.7. The number of nitrogens with zero attached hydrogens (tertiary/aromatic N) is 2. The predicted molar refractivity (Wildman–Crippen MR) is 171 cm³/mol. The molecule has 1 N–H and O–H groups in total. The van der Waals surface area contributed by atoms with E-state index in [1.165, 1.54) is 30.4 Å². The largest absolute Gasteiger partial charge is 0.465 e. The molecule has 3 aromatic carbocycles. The highest BCUT2D eigenvalue weighted by molar-refractivity contribution is 5.94. The molecule has 236 valence electrons. The Morgan fingerprint density at radius 2 is 1.71 bits per heavy atom. The molecule has 1 fully saturated rings. The molecule has 2 heterocycles. The molecule has 1 aliphatic carbocycles. The lowest BCUT2D eigenvalue weighted by molar-refractivity contribution is -0.137. The first-order chi connectivity index (χ1) is 21.5. The molecule has 0 bridgehead atoms. The van der Waals surface area contributed by atoms with Crippen LogP contribution in [-0.4, -0.2) is 55.7 Å². The Morgan fingerprint density at radius 1 is 0.956 bits per heavy atom. The number of esters is 1. The van der Waals surface area contributed by atoms with Crippen molar-refractivity contribution in [2.24, 2.45) is 5.41 Å². The second-order valence-electron chi connectivity index (χ2n) is 12.7. The number of hydrogen-bond donors (Lipinski definition) is 1. The van der Waals surface area contributed by atoms with Crippen molar-refractivity contribution >= 4 is 28.1 Å². The summed E-state index contributed by atoms with van der Waals surface area (Å²) in [5, 5.41) is 0.920. The molecule has 0 amide bonds. The number of carbonyl (C=O) groups excluding carboxylic acids is 1. The van der Waals surface area contributed by atoms with E-state index in [-0.39, 0.29) is 5.41 Å². The van der Waals surface area contributed by atoms with Gasteiger partial charge in [0.2, 0.25) is 0 Å². The third-order valence-corrected chi connectivity index (χ3v) is 9.04. The summed E-state index contributed by atoms with van der Waals surface area (Å²) in [6.07, 6.45) is 0.348. The minimum atomic E-state index is -4.34. The number of nitrogens with one attached hydrogen (secondary N) is 1. The van der Waals surface area contributed by atoms with Crippen LogP contribution in [0.3, 0.4) is 0 Å². The Morgan fingerprint density at radius 3 is 2.42 bits per heavy atom. The smallest absolute Gasteiger partial charge is 0.416 e. The molecule has 6 rings (SSSR count). The number of rotatable bonds is 7. The fourth-order valence-electron chi connectivity index (χ4n) is 6.44. The van der Waals surface area contributed by atoms with Gasteiger partial charge in [-0.15, -0.1) is 0 Å². The highest BCUT2D eigenvalue weighted by atomic mass is 19.4. The summed E-state index contributed by atoms with van der Waals surface area (Å²) in [5.74, 6) is 0.621. The normalized spacial score (nSPS) is 17.5. The van der Waals surface area contributed by atoms with Gasteiger partial charge in [0.05, 0.1) is 12.7 Å². The number of methoxy groups -OCH3 is 1. The zero-order chi connectivity index (χ0) is 31.8. The predicted octanol–water partition coefficient (Wildman–Crippen LogP) is 8.55. The van der Waals surface area contributed by atoms with E-state index in [1.807, 2.05) is 42.6 Å². The van der Waals surface area contributed by atoms with Crippen molar-refractivity contribution in [2.75, 3.05) is 44.7 Å². The molecule has 4 aromatic rings. The number of piperazine rings is 1. The van der Waals surface area contributed by atoms with Gasteiger partial charge in [0, 0.05) is 61.6 Å². The van der Waals surface area contributed by atoms with Crippen molar-refractivity contribution in [2.45, 2.75) is 39.3 Å². The molecule has 0 spiro atoms. The Bertz CT molecular complexity index is 1710. The van der Waals surface area contributed by atoms with E-state index in [9.17, 15) is 18.0 Å². The molecule has 1 aromatic heterocycles. The van der Waals surface area contributed by atoms with E-state index < -0.39 is 17.7 Å². The molecule has 0 atom stereocenters. The highest BCUT2D eigenvalue weighted by Crippen LogP contribution is 2.44. The number of benzene rings is 3. The Kier molecular flexibility index (Phi) is 8.39. The molecule has 0 unspecified atom stereocenters. The Labute approximate surface area is 261 Å². The molecular formula is C36H38F3N3O3. The molecule has 0 saturated carbocycles. The van der Waals surface area contributed by atoms with Gasteiger partial charge in [0.15, 0.2) is 0 Å². The van der Waals surface area contributed by atoms with Gasteiger partial charge in [-0.05, 0) is 78.3 Å². The average Bonchev–Trinajstić information content (AvgIpc) is 3.52. The van der Waals surface area contributed by atoms with Crippen LogP contribution in [-0.2, 0) is 10.9 Å². The highest BCUT2D eigenvalue weighted by Gasteiger charge is 2.32. The summed E-state index contributed by atoms with van der Waals surface area (Å²) in [6.45, 7) is 8.52. The summed E-state index contributed by atoms with van der Waals surface area (Å²) in [6, 6.07) is 18.9. The van der Waals surface area contributed by atoms with Crippen LogP contribution >= 0.6 is 0 Å². The van der Waals surface area contributed by atoms with Crippen molar-refractivity contribution in [1.82, 2.24) is 9.88 Å². The van der Waals surface area contributed by atoms with Crippen LogP contribution in [0.5, 0.6) is 11.5 Å². The number of aromatic nitrogens is 1. The summed E-state index contributed by atoms with van der Waals surface area (Å²) >= 11 is 0. The number of aromatic amines is 1. The molecule has 9 heteroatoms. The summed E-state index contributed by atoms with van der Waals surface area (Å²) in [5.41, 5.74) is 5.13. The van der Waals surface area contributed by atoms with E-state index in [1.54, 1.807) is 18.2 Å². The van der Waals surface area contributed by atoms with Gasteiger partial charge in [-0.3, -0.25) is 4.90 Å². The number of ether oxygens (including phenoxy) is 2. The quantitative estimate of drug-likeness (QED) is 0.211. The number of allylic oxidation sites excluding steroid dienone is 1. The first kappa shape index (κ1) is 30.8. The van der Waals surface area contributed by atoms with Crippen molar-refractivity contribution in [3.8, 4) is 11.5 Å². The fraction of sp³-hybridized carbons (Fsp3) is 0.361. The fourth-order valence-corrected chi connectivity index (χ4v) is 6.44. The van der Waals surface area contributed by atoms with Gasteiger partial charge < -0.3 is 19.4 Å². The molecule has 1 aliphatic heterocycles. The zero-order valence-electron chi connectivity index (χ0n) is 25.8. The van der Waals surface area contributed by atoms with E-state index in [0.29, 0.717) is 17.1 Å². The maximum absolute atomic E-state index is 13.2. The van der Waals surface area contributed by atoms with Crippen LogP contribution in [0.2, 0.25) is 0 Å². The SMILES string of the molecule is COC(=O)c1ccc(N2CCN(CC3=C(c4ccc(C(F)(F)F)cc4)CC(C)(C)CC3)CC2)cc1Oc1cccc2[nH]ccc12. The van der Waals surface area contributed by atoms with Crippen LogP contribution in [0.25, 0.3) is 16.5 Å². The lowest BCUT2D eigenvalue weighted by Crippen LogP contribution is -2.47. The van der Waals surface area contributed by atoms with Gasteiger partial charge in [0.1, 0.15) is 17.1 Å². The monoisotopic (exact) mass is 617 g/mol. The number of halogens is 3. The number of anilines is 1. The number of alkyl halides is 3. The van der Waals surface area contributed by atoms with E-state index in [4.69, 9.17) is 9.47 Å². The standard InChI is InChI=1S/C36H38F3N3O3/c1-35(2)15-13-25(30(22-35)24-7-9-26(10-8-24)36(37,38)39)23-41-17-19-42(20-18-41)27-11-12-29(34(43)44-3)33(21-27)45-32-6-4-5-31-28(32)14-16-40-31/h4-12,14,16,21,40H,13,15,17-20,22-23H2,1-3H3. The molecule has 6 nitrogen and oxygen atoms in total. The Balaban J connectivity index is 1.19. The minimum absolute atomic E-state index is 0.100. The number of H-pyrrole nitrogens is 1. The van der Waals surface area contributed by atoms with Crippen molar-refractivity contribution < 1.29 is 27.4 Å². The molecule has 45 heavy (non-hydrogen) atoms. The first-order valence-electron chi connectivity index (χ1n) is 15.3. The topological polar surface area (TPSA) is 57.8 Å². The summed E-state index contributed by atoms with van der Waals surface area (Å²) in [4.78, 5) is 20.5. The lowest BCUT2D eigenvalue weighted by Gasteiger charge is -2.39. The van der Waals surface area contributed by atoms with Crippen molar-refractivity contribution in [1.29, 1.82) is 0 Å². The summed E-state index contributed by atoms with van der Waals surface area (Å²) < 4.78 is 51.0. The molecular weight excluding hydrogens is 579 g/mol. The van der Waals surface area contributed by atoms with Gasteiger partial charge in [-0.25, -0.2) is 4.79 Å². The van der Waals surface area contributed by atoms with Crippen LogP contribution in [0, 0.1) is 5.41 Å². The van der Waals surface area contributed by atoms with E-state index in [0.717, 1.165) is 74.1 Å². The summed E-state index contributed by atoms with van der Waals surface area (Å²) in [7, 11) is 1.36. The van der Waals surface area contributed by atoms with Crippen LogP contribution in [0.4, 0.5) is 18.9 Å². The number of hydrogen-bond acceptors (Lipinski definition) is 5. The molecule has 1 saturated heterocycles. The molecule has 0 radical (unpaired) electrons. The lowest BCUT2D eigenvalue weighted by atomic mass is 9.72. The number of fused-ring (bicyclic) bond motifs is 1. The second kappa shape index (κ2) is 12.3. The Hall–Kier alpha value is -4.24. The maximum Gasteiger partial charge on any atom is 0.416 e. The first-order valence-corrected chi connectivity index (χ1v) is 15.3. The van der Waals surface area contributed by atoms with Gasteiger partial charge in [-0.1, -0.05) is 37.6 Å². The van der Waals surface area contributed by atoms with Gasteiger partial charge in [-0.2, -0.15) is 13.2 Å². The zero-order valence-corrected chi connectivity index (χ0v) is 25.8.